The summed E-state index contributed by atoms with van der Waals surface area (Å²) in [4.78, 5) is 33.6. The van der Waals surface area contributed by atoms with Crippen LogP contribution in [0.5, 0.6) is 0 Å². The minimum Gasteiger partial charge on any atom is -0.325 e. The van der Waals surface area contributed by atoms with Crippen molar-refractivity contribution in [3.8, 4) is 5.69 Å². The molecule has 7 heteroatoms. The fraction of sp³-hybridized carbons (Fsp3) is 0.345. The van der Waals surface area contributed by atoms with E-state index < -0.39 is 0 Å². The van der Waals surface area contributed by atoms with Gasteiger partial charge in [0.25, 0.3) is 5.56 Å². The molecule has 1 N–H and O–H groups in total. The topological polar surface area (TPSA) is 64.0 Å². The fourth-order valence-electron chi connectivity index (χ4n) is 4.65. The Morgan fingerprint density at radius 1 is 1.14 bits per heavy atom. The van der Waals surface area contributed by atoms with Crippen molar-refractivity contribution >= 4 is 44.9 Å². The van der Waals surface area contributed by atoms with Crippen LogP contribution in [0.3, 0.4) is 0 Å². The third-order valence-electron chi connectivity index (χ3n) is 6.68. The minimum absolute atomic E-state index is 0.0427. The fourth-order valence-corrected chi connectivity index (χ4v) is 6.89. The van der Waals surface area contributed by atoms with Crippen molar-refractivity contribution in [3.05, 3.63) is 81.0 Å². The zero-order valence-electron chi connectivity index (χ0n) is 21.1. The molecule has 0 fully saturated rings. The molecular weight excluding hydrogens is 486 g/mol. The van der Waals surface area contributed by atoms with E-state index in [1.165, 1.54) is 27.8 Å². The largest absolute Gasteiger partial charge is 0.325 e. The molecule has 2 aromatic heterocycles. The van der Waals surface area contributed by atoms with Gasteiger partial charge >= 0.3 is 0 Å². The van der Waals surface area contributed by atoms with Crippen LogP contribution in [-0.4, -0.2) is 21.2 Å². The molecule has 1 aliphatic carbocycles. The van der Waals surface area contributed by atoms with E-state index in [9.17, 15) is 9.59 Å². The number of thioether (sulfide) groups is 1. The Kier molecular flexibility index (Phi) is 6.79. The van der Waals surface area contributed by atoms with Crippen LogP contribution in [0.4, 0.5) is 5.69 Å². The van der Waals surface area contributed by atoms with Crippen LogP contribution >= 0.6 is 23.1 Å². The average molecular weight is 518 g/mol. The van der Waals surface area contributed by atoms with Crippen LogP contribution in [0, 0.1) is 5.92 Å². The number of aromatic nitrogens is 2. The third-order valence-corrected chi connectivity index (χ3v) is 8.77. The molecule has 0 unspecified atom stereocenters. The van der Waals surface area contributed by atoms with Crippen molar-refractivity contribution in [2.24, 2.45) is 5.92 Å². The number of hydrogen-bond donors (Lipinski definition) is 1. The van der Waals surface area contributed by atoms with Crippen molar-refractivity contribution in [2.45, 2.75) is 57.5 Å². The van der Waals surface area contributed by atoms with Crippen molar-refractivity contribution in [1.29, 1.82) is 0 Å². The second-order valence-corrected chi connectivity index (χ2v) is 12.6. The van der Waals surface area contributed by atoms with Crippen LogP contribution in [0.2, 0.25) is 0 Å². The Morgan fingerprint density at radius 2 is 1.86 bits per heavy atom. The smallest absolute Gasteiger partial charge is 0.267 e. The van der Waals surface area contributed by atoms with Gasteiger partial charge in [-0.25, -0.2) is 4.98 Å². The Hall–Kier alpha value is -2.90. The van der Waals surface area contributed by atoms with Crippen LogP contribution in [0.1, 0.15) is 50.1 Å². The highest BCUT2D eigenvalue weighted by molar-refractivity contribution is 7.99. The number of para-hydroxylation sites is 1. The van der Waals surface area contributed by atoms with Gasteiger partial charge in [-0.2, -0.15) is 0 Å². The van der Waals surface area contributed by atoms with E-state index in [0.717, 1.165) is 40.9 Å². The monoisotopic (exact) mass is 517 g/mol. The SMILES string of the molecule is C[C@H]1CCc2c(sc3nc(SCC(=O)Nc4ccc(C(C)(C)C)cc4)n(-c4ccccc4)c(=O)c23)C1. The maximum Gasteiger partial charge on any atom is 0.267 e. The lowest BCUT2D eigenvalue weighted by Gasteiger charge is -2.19. The molecule has 5 rings (SSSR count). The van der Waals surface area contributed by atoms with Gasteiger partial charge in [-0.15, -0.1) is 11.3 Å². The van der Waals surface area contributed by atoms with E-state index in [0.29, 0.717) is 11.1 Å². The summed E-state index contributed by atoms with van der Waals surface area (Å²) in [5.41, 5.74) is 3.93. The molecule has 0 saturated heterocycles. The number of fused-ring (bicyclic) bond motifs is 3. The van der Waals surface area contributed by atoms with E-state index in [2.05, 4.69) is 33.0 Å². The second kappa shape index (κ2) is 9.87. The Morgan fingerprint density at radius 3 is 2.56 bits per heavy atom. The molecular formula is C29H31N3O2S2. The lowest BCUT2D eigenvalue weighted by Crippen LogP contribution is -2.23. The zero-order chi connectivity index (χ0) is 25.4. The summed E-state index contributed by atoms with van der Waals surface area (Å²) in [5, 5.41) is 4.27. The summed E-state index contributed by atoms with van der Waals surface area (Å²) in [6.07, 6.45) is 3.02. The van der Waals surface area contributed by atoms with Crippen LogP contribution in [0.25, 0.3) is 15.9 Å². The van der Waals surface area contributed by atoms with Crippen molar-refractivity contribution in [1.82, 2.24) is 9.55 Å². The number of carbonyl (C=O) groups excluding carboxylic acids is 1. The lowest BCUT2D eigenvalue weighted by molar-refractivity contribution is -0.113. The first-order valence-electron chi connectivity index (χ1n) is 12.4. The number of benzene rings is 2. The molecule has 1 aliphatic rings. The highest BCUT2D eigenvalue weighted by Gasteiger charge is 2.25. The van der Waals surface area contributed by atoms with E-state index in [1.807, 2.05) is 54.6 Å². The number of amides is 1. The van der Waals surface area contributed by atoms with E-state index in [-0.39, 0.29) is 22.6 Å². The number of rotatable bonds is 5. The van der Waals surface area contributed by atoms with Crippen LogP contribution in [0.15, 0.2) is 64.5 Å². The van der Waals surface area contributed by atoms with E-state index in [1.54, 1.807) is 15.9 Å². The number of aryl methyl sites for hydroxylation is 1. The molecule has 1 amide bonds. The summed E-state index contributed by atoms with van der Waals surface area (Å²) in [5.74, 6) is 0.655. The lowest BCUT2D eigenvalue weighted by atomic mass is 9.87. The third kappa shape index (κ3) is 5.00. The molecule has 4 aromatic rings. The Bertz CT molecular complexity index is 1470. The van der Waals surface area contributed by atoms with Gasteiger partial charge in [0.2, 0.25) is 5.91 Å². The van der Waals surface area contributed by atoms with Gasteiger partial charge in [-0.1, -0.05) is 69.8 Å². The quantitative estimate of drug-likeness (QED) is 0.239. The maximum atomic E-state index is 13.8. The van der Waals surface area contributed by atoms with Crippen molar-refractivity contribution in [3.63, 3.8) is 0 Å². The van der Waals surface area contributed by atoms with Gasteiger partial charge in [-0.05, 0) is 66.0 Å². The van der Waals surface area contributed by atoms with Gasteiger partial charge in [-0.3, -0.25) is 14.2 Å². The average Bonchev–Trinajstić information content (AvgIpc) is 3.20. The first-order chi connectivity index (χ1) is 17.2. The molecule has 1 atom stereocenters. The predicted octanol–water partition coefficient (Wildman–Crippen LogP) is 6.60. The molecule has 36 heavy (non-hydrogen) atoms. The normalized spacial score (nSPS) is 15.6. The number of nitrogens with one attached hydrogen (secondary N) is 1. The Balaban J connectivity index is 1.44. The molecule has 186 valence electrons. The summed E-state index contributed by atoms with van der Waals surface area (Å²) in [6, 6.07) is 17.6. The van der Waals surface area contributed by atoms with Gasteiger partial charge in [0.15, 0.2) is 5.16 Å². The first-order valence-corrected chi connectivity index (χ1v) is 14.2. The number of nitrogens with zero attached hydrogens (tertiary/aromatic N) is 2. The Labute approximate surface area is 220 Å². The first kappa shape index (κ1) is 24.8. The second-order valence-electron chi connectivity index (χ2n) is 10.6. The summed E-state index contributed by atoms with van der Waals surface area (Å²) < 4.78 is 1.67. The number of hydrogen-bond acceptors (Lipinski definition) is 5. The van der Waals surface area contributed by atoms with Gasteiger partial charge in [0.1, 0.15) is 4.83 Å². The number of anilines is 1. The van der Waals surface area contributed by atoms with Crippen molar-refractivity contribution in [2.75, 3.05) is 11.1 Å². The molecule has 0 aliphatic heterocycles. The van der Waals surface area contributed by atoms with E-state index >= 15 is 0 Å². The minimum atomic E-state index is -0.128. The molecule has 2 heterocycles. The van der Waals surface area contributed by atoms with Gasteiger partial charge in [0, 0.05) is 10.6 Å². The molecule has 0 saturated carbocycles. The molecule has 2 aromatic carbocycles. The molecule has 0 spiro atoms. The summed E-state index contributed by atoms with van der Waals surface area (Å²) in [6.45, 7) is 8.76. The van der Waals surface area contributed by atoms with Crippen molar-refractivity contribution < 1.29 is 4.79 Å². The molecule has 0 bridgehead atoms. The van der Waals surface area contributed by atoms with Gasteiger partial charge in [0.05, 0.1) is 16.8 Å². The highest BCUT2D eigenvalue weighted by Crippen LogP contribution is 2.37. The maximum absolute atomic E-state index is 13.8. The predicted molar refractivity (Wildman–Crippen MR) is 151 cm³/mol. The number of thiophene rings is 1. The van der Waals surface area contributed by atoms with Gasteiger partial charge < -0.3 is 5.32 Å². The summed E-state index contributed by atoms with van der Waals surface area (Å²) in [7, 11) is 0. The standard InChI is InChI=1S/C29H31N3O2S2/c1-18-10-15-22-23(16-18)36-26-25(22)27(34)32(21-8-6-5-7-9-21)28(31-26)35-17-24(33)30-20-13-11-19(12-14-20)29(2,3)4/h5-9,11-14,18H,10,15-17H2,1-4H3,(H,30,33)/t18-/m0/s1. The van der Waals surface area contributed by atoms with Crippen LogP contribution < -0.4 is 10.9 Å². The molecule has 0 radical (unpaired) electrons. The number of carbonyl (C=O) groups is 1. The summed E-state index contributed by atoms with van der Waals surface area (Å²) >= 11 is 2.94. The molecule has 5 nitrogen and oxygen atoms in total. The van der Waals surface area contributed by atoms with Crippen LogP contribution in [-0.2, 0) is 23.1 Å². The van der Waals surface area contributed by atoms with E-state index in [4.69, 9.17) is 4.98 Å². The zero-order valence-corrected chi connectivity index (χ0v) is 22.8. The highest BCUT2D eigenvalue weighted by atomic mass is 32.2.